The minimum absolute atomic E-state index is 0.0229. The number of nitrogens with zero attached hydrogens (tertiary/aromatic N) is 1. The molecule has 0 saturated carbocycles. The van der Waals surface area contributed by atoms with E-state index >= 15 is 0 Å². The van der Waals surface area contributed by atoms with E-state index in [9.17, 15) is 9.59 Å². The fourth-order valence-electron chi connectivity index (χ4n) is 3.51. The molecule has 1 aromatic carbocycles. The molecule has 2 amide bonds. The van der Waals surface area contributed by atoms with Gasteiger partial charge >= 0.3 is 0 Å². The van der Waals surface area contributed by atoms with Gasteiger partial charge in [-0.15, -0.1) is 0 Å². The van der Waals surface area contributed by atoms with Gasteiger partial charge in [-0.1, -0.05) is 57.0 Å². The lowest BCUT2D eigenvalue weighted by Gasteiger charge is -2.35. The third-order valence-electron chi connectivity index (χ3n) is 5.06. The van der Waals surface area contributed by atoms with E-state index in [0.29, 0.717) is 35.5 Å². The van der Waals surface area contributed by atoms with E-state index in [0.717, 1.165) is 12.8 Å². The van der Waals surface area contributed by atoms with E-state index in [1.54, 1.807) is 0 Å². The topological polar surface area (TPSA) is 49.4 Å². The average Bonchev–Trinajstić information content (AvgIpc) is 2.61. The summed E-state index contributed by atoms with van der Waals surface area (Å²) in [6, 6.07) is 5.31. The fraction of sp³-hybridized carbons (Fsp3) is 0.619. The molecule has 0 aliphatic carbocycles. The highest BCUT2D eigenvalue weighted by molar-refractivity contribution is 6.42. The number of amides is 2. The normalized spacial score (nSPS) is 16.7. The van der Waals surface area contributed by atoms with Crippen molar-refractivity contribution >= 4 is 35.0 Å². The number of rotatable bonds is 6. The lowest BCUT2D eigenvalue weighted by atomic mass is 9.89. The van der Waals surface area contributed by atoms with E-state index in [1.165, 1.54) is 5.56 Å². The maximum Gasteiger partial charge on any atom is 0.245 e. The van der Waals surface area contributed by atoms with Crippen LogP contribution >= 0.6 is 23.2 Å². The molecule has 6 heteroatoms. The quantitative estimate of drug-likeness (QED) is 0.722. The van der Waals surface area contributed by atoms with E-state index in [2.05, 4.69) is 5.32 Å². The van der Waals surface area contributed by atoms with Gasteiger partial charge in [-0.05, 0) is 48.3 Å². The molecular formula is C21H30Cl2N2O2. The Bertz CT molecular complexity index is 668. The van der Waals surface area contributed by atoms with Crippen molar-refractivity contribution in [2.24, 2.45) is 11.8 Å². The number of nitrogens with one attached hydrogen (secondary N) is 1. The van der Waals surface area contributed by atoms with Gasteiger partial charge in [0.15, 0.2) is 0 Å². The Morgan fingerprint density at radius 1 is 1.11 bits per heavy atom. The molecule has 0 bridgehead atoms. The van der Waals surface area contributed by atoms with Crippen molar-refractivity contribution in [3.05, 3.63) is 33.8 Å². The molecule has 4 nitrogen and oxygen atoms in total. The van der Waals surface area contributed by atoms with Crippen molar-refractivity contribution in [2.75, 3.05) is 13.1 Å². The Hall–Kier alpha value is -1.26. The predicted octanol–water partition coefficient (Wildman–Crippen LogP) is 4.89. The highest BCUT2D eigenvalue weighted by Crippen LogP contribution is 2.32. The van der Waals surface area contributed by atoms with Crippen LogP contribution in [0.2, 0.25) is 10.0 Å². The number of likely N-dealkylation sites (tertiary alicyclic amines) is 1. The minimum Gasteiger partial charge on any atom is -0.344 e. The molecule has 0 spiro atoms. The largest absolute Gasteiger partial charge is 0.344 e. The highest BCUT2D eigenvalue weighted by Gasteiger charge is 2.31. The van der Waals surface area contributed by atoms with Crippen LogP contribution < -0.4 is 5.32 Å². The van der Waals surface area contributed by atoms with Gasteiger partial charge in [0.1, 0.15) is 6.04 Å². The molecule has 1 aromatic rings. The summed E-state index contributed by atoms with van der Waals surface area (Å²) in [4.78, 5) is 27.0. The van der Waals surface area contributed by atoms with Crippen molar-refractivity contribution in [1.82, 2.24) is 10.2 Å². The van der Waals surface area contributed by atoms with Crippen LogP contribution in [0.1, 0.15) is 58.4 Å². The first-order valence-electron chi connectivity index (χ1n) is 9.72. The molecule has 1 atom stereocenters. The molecule has 0 aromatic heterocycles. The van der Waals surface area contributed by atoms with Crippen LogP contribution in [0, 0.1) is 11.8 Å². The smallest absolute Gasteiger partial charge is 0.245 e. The molecule has 1 heterocycles. The summed E-state index contributed by atoms with van der Waals surface area (Å²) in [6.45, 7) is 9.32. The fourth-order valence-corrected chi connectivity index (χ4v) is 3.82. The molecule has 1 aliphatic heterocycles. The molecule has 1 N–H and O–H groups in total. The highest BCUT2D eigenvalue weighted by atomic mass is 35.5. The third-order valence-corrected chi connectivity index (χ3v) is 5.80. The van der Waals surface area contributed by atoms with Gasteiger partial charge in [-0.2, -0.15) is 0 Å². The standard InChI is InChI=1S/C21H30Cl2N2O2/c1-13(2)11-19(26)24-20(14(3)4)21(27)25-9-7-15(8-10-25)16-5-6-17(22)18(23)12-16/h5-6,12-15,20H,7-11H2,1-4H3,(H,24,26)/t20-/m1/s1. The Labute approximate surface area is 172 Å². The summed E-state index contributed by atoms with van der Waals surface area (Å²) in [7, 11) is 0. The Kier molecular flexibility index (Phi) is 7.99. The Morgan fingerprint density at radius 3 is 2.26 bits per heavy atom. The summed E-state index contributed by atoms with van der Waals surface area (Å²) in [5.74, 6) is 0.672. The molecule has 0 unspecified atom stereocenters. The van der Waals surface area contributed by atoms with E-state index in [-0.39, 0.29) is 23.7 Å². The number of piperidine rings is 1. The molecule has 2 rings (SSSR count). The van der Waals surface area contributed by atoms with Crippen LogP contribution in [0.15, 0.2) is 18.2 Å². The van der Waals surface area contributed by atoms with Crippen molar-refractivity contribution in [3.8, 4) is 0 Å². The number of hydrogen-bond acceptors (Lipinski definition) is 2. The summed E-state index contributed by atoms with van der Waals surface area (Å²) < 4.78 is 0. The maximum atomic E-state index is 13.0. The number of halogens is 2. The van der Waals surface area contributed by atoms with Gasteiger partial charge in [0.2, 0.25) is 11.8 Å². The average molecular weight is 413 g/mol. The number of carbonyl (C=O) groups excluding carboxylic acids is 2. The van der Waals surface area contributed by atoms with Gasteiger partial charge in [-0.25, -0.2) is 0 Å². The summed E-state index contributed by atoms with van der Waals surface area (Å²) in [5, 5.41) is 4.07. The monoisotopic (exact) mass is 412 g/mol. The zero-order valence-corrected chi connectivity index (χ0v) is 18.1. The van der Waals surface area contributed by atoms with Crippen LogP contribution in [0.3, 0.4) is 0 Å². The van der Waals surface area contributed by atoms with E-state index < -0.39 is 6.04 Å². The van der Waals surface area contributed by atoms with Crippen molar-refractivity contribution in [3.63, 3.8) is 0 Å². The second-order valence-corrected chi connectivity index (χ2v) is 8.97. The van der Waals surface area contributed by atoms with Gasteiger partial charge in [0.05, 0.1) is 10.0 Å². The number of hydrogen-bond donors (Lipinski definition) is 1. The SMILES string of the molecule is CC(C)CC(=O)N[C@@H](C(=O)N1CCC(c2ccc(Cl)c(Cl)c2)CC1)C(C)C. The van der Waals surface area contributed by atoms with E-state index in [1.807, 2.05) is 50.8 Å². The zero-order chi connectivity index (χ0) is 20.1. The van der Waals surface area contributed by atoms with E-state index in [4.69, 9.17) is 23.2 Å². The summed E-state index contributed by atoms with van der Waals surface area (Å²) in [6.07, 6.45) is 2.21. The Morgan fingerprint density at radius 2 is 1.74 bits per heavy atom. The van der Waals surface area contributed by atoms with Crippen molar-refractivity contribution < 1.29 is 9.59 Å². The zero-order valence-electron chi connectivity index (χ0n) is 16.6. The molecular weight excluding hydrogens is 383 g/mol. The molecule has 150 valence electrons. The molecule has 27 heavy (non-hydrogen) atoms. The second-order valence-electron chi connectivity index (χ2n) is 8.16. The first kappa shape index (κ1) is 22.0. The van der Waals surface area contributed by atoms with Gasteiger partial charge in [0, 0.05) is 19.5 Å². The van der Waals surface area contributed by atoms with Crippen LogP contribution in [0.25, 0.3) is 0 Å². The first-order valence-corrected chi connectivity index (χ1v) is 10.5. The predicted molar refractivity (Wildman–Crippen MR) is 111 cm³/mol. The van der Waals surface area contributed by atoms with Crippen molar-refractivity contribution in [1.29, 1.82) is 0 Å². The Balaban J connectivity index is 1.97. The lowest BCUT2D eigenvalue weighted by molar-refractivity contribution is -0.138. The molecule has 1 aliphatic rings. The third kappa shape index (κ3) is 6.11. The summed E-state index contributed by atoms with van der Waals surface area (Å²) in [5.41, 5.74) is 1.17. The number of carbonyl (C=O) groups is 2. The van der Waals surface area contributed by atoms with Gasteiger partial charge in [-0.3, -0.25) is 9.59 Å². The molecule has 0 radical (unpaired) electrons. The minimum atomic E-state index is -0.460. The van der Waals surface area contributed by atoms with Crippen LogP contribution in [0.5, 0.6) is 0 Å². The van der Waals surface area contributed by atoms with Gasteiger partial charge in [0.25, 0.3) is 0 Å². The molecule has 1 fully saturated rings. The summed E-state index contributed by atoms with van der Waals surface area (Å²) >= 11 is 12.1. The maximum absolute atomic E-state index is 13.0. The molecule has 1 saturated heterocycles. The lowest BCUT2D eigenvalue weighted by Crippen LogP contribution is -2.53. The van der Waals surface area contributed by atoms with Crippen LogP contribution in [-0.4, -0.2) is 35.8 Å². The van der Waals surface area contributed by atoms with Crippen LogP contribution in [-0.2, 0) is 9.59 Å². The van der Waals surface area contributed by atoms with Crippen molar-refractivity contribution in [2.45, 2.75) is 58.9 Å². The second kappa shape index (κ2) is 9.79. The van der Waals surface area contributed by atoms with Gasteiger partial charge < -0.3 is 10.2 Å². The first-order chi connectivity index (χ1) is 12.7. The number of benzene rings is 1. The van der Waals surface area contributed by atoms with Crippen LogP contribution in [0.4, 0.5) is 0 Å².